The van der Waals surface area contributed by atoms with Crippen LogP contribution in [0.2, 0.25) is 0 Å². The zero-order valence-electron chi connectivity index (χ0n) is 20.1. The Labute approximate surface area is 218 Å². The quantitative estimate of drug-likeness (QED) is 0.268. The molecule has 0 aromatic carbocycles. The number of carbonyl (C=O) groups excluding carboxylic acids is 1. The molecule has 2 fully saturated rings. The molecule has 36 heavy (non-hydrogen) atoms. The van der Waals surface area contributed by atoms with Crippen LogP contribution in [-0.4, -0.2) is 86.4 Å². The number of rotatable bonds is 10. The first-order valence-electron chi connectivity index (χ1n) is 11.9. The molecule has 12 heteroatoms. The van der Waals surface area contributed by atoms with E-state index >= 15 is 0 Å². The molecule has 0 bridgehead atoms. The summed E-state index contributed by atoms with van der Waals surface area (Å²) < 4.78 is 7.22. The zero-order chi connectivity index (χ0) is 25.7. The average Bonchev–Trinajstić information content (AvgIpc) is 3.12. The van der Waals surface area contributed by atoms with Gasteiger partial charge in [0.1, 0.15) is 15.8 Å². The third-order valence-corrected chi connectivity index (χ3v) is 7.43. The number of nitrogens with zero attached hydrogens (tertiary/aromatic N) is 4. The van der Waals surface area contributed by atoms with Crippen LogP contribution in [0.4, 0.5) is 5.82 Å². The first kappa shape index (κ1) is 26.3. The highest BCUT2D eigenvalue weighted by Gasteiger charge is 2.32. The highest BCUT2D eigenvalue weighted by atomic mass is 32.2. The lowest BCUT2D eigenvalue weighted by molar-refractivity contribution is -0.137. The van der Waals surface area contributed by atoms with Crippen molar-refractivity contribution in [2.75, 3.05) is 51.3 Å². The average molecular weight is 532 g/mol. The number of aromatic nitrogens is 2. The molecule has 1 amide bonds. The Morgan fingerprint density at radius 2 is 2.06 bits per heavy atom. The Kier molecular flexibility index (Phi) is 8.72. The minimum absolute atomic E-state index is 0.0517. The lowest BCUT2D eigenvalue weighted by Gasteiger charge is -2.26. The fraction of sp³-hybridized carbons (Fsp3) is 0.458. The molecule has 4 rings (SSSR count). The van der Waals surface area contributed by atoms with Gasteiger partial charge in [-0.1, -0.05) is 30.0 Å². The fourth-order valence-electron chi connectivity index (χ4n) is 4.12. The number of ether oxygens (including phenoxy) is 1. The zero-order valence-corrected chi connectivity index (χ0v) is 21.7. The lowest BCUT2D eigenvalue weighted by Crippen LogP contribution is -2.37. The molecule has 4 heterocycles. The molecular weight excluding hydrogens is 502 g/mol. The number of morpholine rings is 1. The molecule has 10 nitrogen and oxygen atoms in total. The number of aryl methyl sites for hydroxylation is 1. The number of hydrogen-bond donors (Lipinski definition) is 2. The van der Waals surface area contributed by atoms with Crippen molar-refractivity contribution in [3.8, 4) is 0 Å². The van der Waals surface area contributed by atoms with Crippen LogP contribution in [0.1, 0.15) is 30.4 Å². The molecule has 2 N–H and O–H groups in total. The molecule has 0 saturated carbocycles. The number of carbonyl (C=O) groups is 2. The number of hydrogen-bond acceptors (Lipinski definition) is 9. The Morgan fingerprint density at radius 1 is 1.28 bits per heavy atom. The number of pyridine rings is 1. The van der Waals surface area contributed by atoms with E-state index in [0.717, 1.165) is 56.6 Å². The minimum Gasteiger partial charge on any atom is -0.481 e. The van der Waals surface area contributed by atoms with Gasteiger partial charge in [-0.05, 0) is 44.0 Å². The maximum absolute atomic E-state index is 13.5. The molecule has 0 aliphatic carbocycles. The molecule has 0 unspecified atom stereocenters. The number of thiocarbonyl (C=S) groups is 1. The summed E-state index contributed by atoms with van der Waals surface area (Å²) in [6.45, 7) is 6.95. The Morgan fingerprint density at radius 3 is 2.81 bits per heavy atom. The molecule has 2 aromatic heterocycles. The number of amides is 1. The molecule has 192 valence electrons. The van der Waals surface area contributed by atoms with Gasteiger partial charge >= 0.3 is 5.97 Å². The number of anilines is 1. The lowest BCUT2D eigenvalue weighted by atomic mass is 10.2. The van der Waals surface area contributed by atoms with Gasteiger partial charge in [-0.2, -0.15) is 0 Å². The van der Waals surface area contributed by atoms with Crippen LogP contribution in [0.3, 0.4) is 0 Å². The molecule has 0 radical (unpaired) electrons. The Hall–Kier alpha value is -2.80. The van der Waals surface area contributed by atoms with E-state index in [2.05, 4.69) is 10.2 Å². The monoisotopic (exact) mass is 531 g/mol. The van der Waals surface area contributed by atoms with Crippen molar-refractivity contribution in [3.05, 3.63) is 44.7 Å². The van der Waals surface area contributed by atoms with Gasteiger partial charge in [0.05, 0.1) is 23.7 Å². The normalized spacial score (nSPS) is 17.9. The second kappa shape index (κ2) is 12.0. The van der Waals surface area contributed by atoms with Gasteiger partial charge in [0.2, 0.25) is 0 Å². The van der Waals surface area contributed by atoms with Crippen LogP contribution in [0.5, 0.6) is 0 Å². The van der Waals surface area contributed by atoms with Crippen molar-refractivity contribution in [2.45, 2.75) is 26.2 Å². The third-order valence-electron chi connectivity index (χ3n) is 6.05. The third kappa shape index (κ3) is 6.12. The van der Waals surface area contributed by atoms with Crippen LogP contribution in [0.25, 0.3) is 11.7 Å². The van der Waals surface area contributed by atoms with Gasteiger partial charge in [-0.15, -0.1) is 0 Å². The van der Waals surface area contributed by atoms with Crippen LogP contribution >= 0.6 is 24.0 Å². The topological polar surface area (TPSA) is 116 Å². The molecule has 2 saturated heterocycles. The van der Waals surface area contributed by atoms with E-state index in [1.807, 2.05) is 13.0 Å². The highest BCUT2D eigenvalue weighted by molar-refractivity contribution is 8.26. The van der Waals surface area contributed by atoms with E-state index in [4.69, 9.17) is 27.0 Å². The smallest absolute Gasteiger partial charge is 0.303 e. The maximum Gasteiger partial charge on any atom is 0.303 e. The predicted octanol–water partition coefficient (Wildman–Crippen LogP) is 2.20. The molecular formula is C24H29N5O5S2. The van der Waals surface area contributed by atoms with E-state index in [9.17, 15) is 14.4 Å². The summed E-state index contributed by atoms with van der Waals surface area (Å²) in [5.74, 6) is -0.833. The number of thioether (sulfide) groups is 1. The van der Waals surface area contributed by atoms with Crippen molar-refractivity contribution in [2.24, 2.45) is 0 Å². The summed E-state index contributed by atoms with van der Waals surface area (Å²) in [7, 11) is 0. The van der Waals surface area contributed by atoms with E-state index in [0.29, 0.717) is 33.7 Å². The summed E-state index contributed by atoms with van der Waals surface area (Å²) in [4.78, 5) is 46.1. The van der Waals surface area contributed by atoms with Crippen molar-refractivity contribution >= 4 is 57.7 Å². The van der Waals surface area contributed by atoms with Crippen molar-refractivity contribution < 1.29 is 19.4 Å². The minimum atomic E-state index is -0.925. The van der Waals surface area contributed by atoms with Gasteiger partial charge in [-0.25, -0.2) is 4.98 Å². The van der Waals surface area contributed by atoms with Gasteiger partial charge < -0.3 is 15.2 Å². The summed E-state index contributed by atoms with van der Waals surface area (Å²) in [5, 5.41) is 12.2. The fourth-order valence-corrected chi connectivity index (χ4v) is 5.41. The van der Waals surface area contributed by atoms with E-state index < -0.39 is 5.97 Å². The molecule has 2 aromatic rings. The predicted molar refractivity (Wildman–Crippen MR) is 143 cm³/mol. The second-order valence-electron chi connectivity index (χ2n) is 8.63. The Bertz CT molecular complexity index is 1260. The van der Waals surface area contributed by atoms with Gasteiger partial charge in [-0.3, -0.25) is 28.6 Å². The molecule has 2 aliphatic rings. The maximum atomic E-state index is 13.5. The first-order chi connectivity index (χ1) is 17.3. The first-order valence-corrected chi connectivity index (χ1v) is 13.1. The summed E-state index contributed by atoms with van der Waals surface area (Å²) in [6, 6.07) is 3.68. The summed E-state index contributed by atoms with van der Waals surface area (Å²) in [6.07, 6.45) is 4.31. The Balaban J connectivity index is 1.58. The molecule has 0 spiro atoms. The second-order valence-corrected chi connectivity index (χ2v) is 10.3. The number of fused-ring (bicyclic) bond motifs is 1. The van der Waals surface area contributed by atoms with Crippen LogP contribution in [0, 0.1) is 6.92 Å². The van der Waals surface area contributed by atoms with Crippen molar-refractivity contribution in [3.63, 3.8) is 0 Å². The largest absolute Gasteiger partial charge is 0.481 e. The molecule has 0 atom stereocenters. The number of aliphatic carboxylic acids is 1. The van der Waals surface area contributed by atoms with Crippen LogP contribution < -0.4 is 10.9 Å². The van der Waals surface area contributed by atoms with Gasteiger partial charge in [0.15, 0.2) is 0 Å². The van der Waals surface area contributed by atoms with Gasteiger partial charge in [0, 0.05) is 38.8 Å². The van der Waals surface area contributed by atoms with Crippen molar-refractivity contribution in [1.29, 1.82) is 0 Å². The van der Waals surface area contributed by atoms with Gasteiger partial charge in [0.25, 0.3) is 11.5 Å². The highest BCUT2D eigenvalue weighted by Crippen LogP contribution is 2.33. The summed E-state index contributed by atoms with van der Waals surface area (Å²) in [5.41, 5.74) is 1.42. The SMILES string of the molecule is Cc1cccn2c(=O)c(/C=C3\SC(=S)N(CCCC(=O)O)C3=O)c(NCCCN3CCOCC3)nc12. The van der Waals surface area contributed by atoms with E-state index in [1.165, 1.54) is 9.30 Å². The van der Waals surface area contributed by atoms with Crippen LogP contribution in [-0.2, 0) is 14.3 Å². The van der Waals surface area contributed by atoms with E-state index in [1.54, 1.807) is 18.3 Å². The number of carboxylic acid groups (broad SMARTS) is 1. The summed E-state index contributed by atoms with van der Waals surface area (Å²) >= 11 is 6.46. The van der Waals surface area contributed by atoms with E-state index in [-0.39, 0.29) is 30.0 Å². The number of nitrogens with one attached hydrogen (secondary N) is 1. The van der Waals surface area contributed by atoms with Crippen LogP contribution in [0.15, 0.2) is 28.0 Å². The number of carboxylic acids is 1. The standard InChI is InChI=1S/C24H29N5O5S2/c1-16-5-2-9-28-21(16)26-20(25-7-4-8-27-11-13-34-14-12-27)17(22(28)32)15-18-23(33)29(24(35)36-18)10-3-6-19(30)31/h2,5,9,15,25H,3-4,6-8,10-14H2,1H3,(H,30,31)/b18-15-. The molecule has 2 aliphatic heterocycles. The van der Waals surface area contributed by atoms with Crippen molar-refractivity contribution in [1.82, 2.24) is 19.2 Å².